The van der Waals surface area contributed by atoms with Crippen LogP contribution >= 0.6 is 39.3 Å². The van der Waals surface area contributed by atoms with Gasteiger partial charge in [-0.25, -0.2) is 4.79 Å². The van der Waals surface area contributed by atoms with E-state index < -0.39 is 5.97 Å². The molecule has 0 spiro atoms. The fourth-order valence-electron chi connectivity index (χ4n) is 3.30. The van der Waals surface area contributed by atoms with E-state index in [-0.39, 0.29) is 23.4 Å². The number of hydrogen-bond donors (Lipinski definition) is 0. The van der Waals surface area contributed by atoms with Gasteiger partial charge >= 0.3 is 5.97 Å². The van der Waals surface area contributed by atoms with Crippen molar-refractivity contribution in [1.82, 2.24) is 4.90 Å². The molecule has 35 heavy (non-hydrogen) atoms. The van der Waals surface area contributed by atoms with Crippen molar-refractivity contribution in [3.63, 3.8) is 0 Å². The first-order chi connectivity index (χ1) is 16.9. The Labute approximate surface area is 220 Å². The van der Waals surface area contributed by atoms with Crippen LogP contribution in [0.4, 0.5) is 4.79 Å². The van der Waals surface area contributed by atoms with Gasteiger partial charge in [0.15, 0.2) is 11.5 Å². The minimum atomic E-state index is -0.552. The molecule has 1 fully saturated rings. The van der Waals surface area contributed by atoms with Crippen molar-refractivity contribution in [2.24, 2.45) is 0 Å². The van der Waals surface area contributed by atoms with E-state index in [4.69, 9.17) is 21.1 Å². The number of nitrogens with zero attached hydrogens (tertiary/aromatic N) is 1. The number of halogens is 2. The lowest BCUT2D eigenvalue weighted by Gasteiger charge is -2.13. The molecule has 9 heteroatoms. The van der Waals surface area contributed by atoms with Crippen LogP contribution in [-0.4, -0.2) is 28.6 Å². The predicted octanol–water partition coefficient (Wildman–Crippen LogP) is 6.96. The largest absolute Gasteiger partial charge is 0.490 e. The molecule has 1 heterocycles. The number of benzene rings is 3. The van der Waals surface area contributed by atoms with Gasteiger partial charge in [0, 0.05) is 9.50 Å². The lowest BCUT2D eigenvalue weighted by Crippen LogP contribution is -2.27. The van der Waals surface area contributed by atoms with E-state index in [0.29, 0.717) is 33.4 Å². The summed E-state index contributed by atoms with van der Waals surface area (Å²) in [6, 6.07) is 18.7. The molecule has 0 unspecified atom stereocenters. The number of carbonyl (C=O) groups is 3. The Morgan fingerprint density at radius 1 is 1.06 bits per heavy atom. The van der Waals surface area contributed by atoms with E-state index in [0.717, 1.165) is 21.8 Å². The molecular weight excluding hydrogens is 554 g/mol. The molecule has 3 aromatic carbocycles. The highest BCUT2D eigenvalue weighted by atomic mass is 79.9. The van der Waals surface area contributed by atoms with Gasteiger partial charge in [-0.1, -0.05) is 51.8 Å². The summed E-state index contributed by atoms with van der Waals surface area (Å²) in [6.07, 6.45) is 1.62. The summed E-state index contributed by atoms with van der Waals surface area (Å²) in [5.74, 6) is -0.336. The Morgan fingerprint density at radius 2 is 1.80 bits per heavy atom. The lowest BCUT2D eigenvalue weighted by molar-refractivity contribution is -0.123. The minimum absolute atomic E-state index is 0.174. The van der Waals surface area contributed by atoms with Gasteiger partial charge in [0.25, 0.3) is 11.1 Å². The topological polar surface area (TPSA) is 72.9 Å². The second-order valence-electron chi connectivity index (χ2n) is 7.39. The lowest BCUT2D eigenvalue weighted by atomic mass is 10.1. The molecule has 0 aliphatic carbocycles. The number of imide groups is 1. The number of hydrogen-bond acceptors (Lipinski definition) is 6. The summed E-state index contributed by atoms with van der Waals surface area (Å²) in [5, 5.41) is 0.178. The molecule has 0 aromatic heterocycles. The minimum Gasteiger partial charge on any atom is -0.490 e. The summed E-state index contributed by atoms with van der Waals surface area (Å²) in [7, 11) is 0. The zero-order chi connectivity index (χ0) is 24.9. The maximum atomic E-state index is 12.9. The van der Waals surface area contributed by atoms with Gasteiger partial charge in [0.1, 0.15) is 0 Å². The smallest absolute Gasteiger partial charge is 0.343 e. The first-order valence-corrected chi connectivity index (χ1v) is 12.6. The highest BCUT2D eigenvalue weighted by Crippen LogP contribution is 2.36. The normalized spacial score (nSPS) is 14.5. The molecule has 1 aliphatic heterocycles. The fraction of sp³-hybridized carbons (Fsp3) is 0.115. The fourth-order valence-corrected chi connectivity index (χ4v) is 4.67. The van der Waals surface area contributed by atoms with Crippen molar-refractivity contribution >= 4 is 62.5 Å². The van der Waals surface area contributed by atoms with E-state index in [1.165, 1.54) is 4.90 Å². The molecule has 4 rings (SSSR count). The van der Waals surface area contributed by atoms with Crippen molar-refractivity contribution < 1.29 is 23.9 Å². The number of amides is 2. The van der Waals surface area contributed by atoms with Crippen molar-refractivity contribution in [1.29, 1.82) is 0 Å². The summed E-state index contributed by atoms with van der Waals surface area (Å²) in [4.78, 5) is 39.5. The molecule has 178 valence electrons. The zero-order valence-corrected chi connectivity index (χ0v) is 21.7. The Morgan fingerprint density at radius 3 is 2.51 bits per heavy atom. The van der Waals surface area contributed by atoms with Crippen LogP contribution in [0.3, 0.4) is 0 Å². The van der Waals surface area contributed by atoms with Crippen LogP contribution in [0.5, 0.6) is 11.5 Å². The maximum Gasteiger partial charge on any atom is 0.343 e. The molecule has 2 amide bonds. The second kappa shape index (κ2) is 11.1. The Hall–Kier alpha value is -3.07. The van der Waals surface area contributed by atoms with E-state index in [2.05, 4.69) is 15.9 Å². The van der Waals surface area contributed by atoms with E-state index >= 15 is 0 Å². The first kappa shape index (κ1) is 25.0. The van der Waals surface area contributed by atoms with E-state index in [9.17, 15) is 14.4 Å². The third-order valence-corrected chi connectivity index (χ3v) is 6.94. The SMILES string of the molecule is CCOc1cc(/C=C2\SC(=O)N(Cc3ccccc3Br)C2=O)ccc1OC(=O)c1ccc(Cl)cc1. The summed E-state index contributed by atoms with van der Waals surface area (Å²) < 4.78 is 12.0. The van der Waals surface area contributed by atoms with Gasteiger partial charge in [0.2, 0.25) is 0 Å². The van der Waals surface area contributed by atoms with Crippen LogP contribution in [0, 0.1) is 0 Å². The molecule has 0 bridgehead atoms. The monoisotopic (exact) mass is 571 g/mol. The molecule has 3 aromatic rings. The predicted molar refractivity (Wildman–Crippen MR) is 140 cm³/mol. The zero-order valence-electron chi connectivity index (χ0n) is 18.5. The average Bonchev–Trinajstić information content (AvgIpc) is 3.10. The number of esters is 1. The van der Waals surface area contributed by atoms with Crippen LogP contribution < -0.4 is 9.47 Å². The molecule has 1 saturated heterocycles. The van der Waals surface area contributed by atoms with Gasteiger partial charge < -0.3 is 9.47 Å². The highest BCUT2D eigenvalue weighted by Gasteiger charge is 2.35. The first-order valence-electron chi connectivity index (χ1n) is 10.6. The third kappa shape index (κ3) is 5.96. The van der Waals surface area contributed by atoms with Crippen LogP contribution in [0.2, 0.25) is 5.02 Å². The number of rotatable bonds is 7. The molecular formula is C26H19BrClNO5S. The number of carbonyl (C=O) groups excluding carboxylic acids is 3. The van der Waals surface area contributed by atoms with Gasteiger partial charge in [-0.05, 0) is 78.4 Å². The molecule has 6 nitrogen and oxygen atoms in total. The summed E-state index contributed by atoms with van der Waals surface area (Å²) >= 11 is 10.2. The van der Waals surface area contributed by atoms with Crippen LogP contribution in [-0.2, 0) is 11.3 Å². The van der Waals surface area contributed by atoms with Gasteiger partial charge in [-0.15, -0.1) is 0 Å². The van der Waals surface area contributed by atoms with Crippen molar-refractivity contribution in [3.8, 4) is 11.5 Å². The second-order valence-corrected chi connectivity index (χ2v) is 9.68. The van der Waals surface area contributed by atoms with Gasteiger partial charge in [-0.2, -0.15) is 0 Å². The van der Waals surface area contributed by atoms with Crippen LogP contribution in [0.25, 0.3) is 6.08 Å². The van der Waals surface area contributed by atoms with Crippen molar-refractivity contribution in [2.45, 2.75) is 13.5 Å². The van der Waals surface area contributed by atoms with Crippen molar-refractivity contribution in [3.05, 3.63) is 97.8 Å². The van der Waals surface area contributed by atoms with E-state index in [1.807, 2.05) is 31.2 Å². The number of ether oxygens (including phenoxy) is 2. The van der Waals surface area contributed by atoms with Crippen molar-refractivity contribution in [2.75, 3.05) is 6.61 Å². The van der Waals surface area contributed by atoms with E-state index in [1.54, 1.807) is 48.5 Å². The van der Waals surface area contributed by atoms with Crippen LogP contribution in [0.15, 0.2) is 76.1 Å². The molecule has 0 radical (unpaired) electrons. The molecule has 1 aliphatic rings. The molecule has 0 saturated carbocycles. The average molecular weight is 573 g/mol. The molecule has 0 atom stereocenters. The number of thioether (sulfide) groups is 1. The summed E-state index contributed by atoms with van der Waals surface area (Å²) in [5.41, 5.74) is 1.81. The molecule has 0 N–H and O–H groups in total. The highest BCUT2D eigenvalue weighted by molar-refractivity contribution is 9.10. The Balaban J connectivity index is 1.54. The maximum absolute atomic E-state index is 12.9. The van der Waals surface area contributed by atoms with Gasteiger partial charge in [-0.3, -0.25) is 14.5 Å². The quantitative estimate of drug-likeness (QED) is 0.173. The third-order valence-electron chi connectivity index (χ3n) is 5.01. The van der Waals surface area contributed by atoms with Crippen LogP contribution in [0.1, 0.15) is 28.4 Å². The Bertz CT molecular complexity index is 1330. The Kier molecular flexibility index (Phi) is 7.95. The summed E-state index contributed by atoms with van der Waals surface area (Å²) in [6.45, 7) is 2.33. The standard InChI is InChI=1S/C26H19BrClNO5S/c1-2-33-22-13-16(7-12-21(22)34-25(31)17-8-10-19(28)11-9-17)14-23-24(30)29(26(32)35-23)15-18-5-3-4-6-20(18)27/h3-14H,2,15H2,1H3/b23-14-. The van der Waals surface area contributed by atoms with Gasteiger partial charge in [0.05, 0.1) is 23.6 Å².